The SMILES string of the molecule is CCC(N)CC(=O)N(Cc1ccco1)CC(F)(F)F. The molecule has 0 aliphatic rings. The Labute approximate surface area is 109 Å². The number of carbonyl (C=O) groups excluding carboxylic acids is 1. The molecule has 0 saturated carbocycles. The highest BCUT2D eigenvalue weighted by Crippen LogP contribution is 2.19. The zero-order valence-electron chi connectivity index (χ0n) is 10.6. The van der Waals surface area contributed by atoms with Gasteiger partial charge in [0, 0.05) is 12.5 Å². The zero-order valence-corrected chi connectivity index (χ0v) is 10.6. The minimum absolute atomic E-state index is 0.104. The lowest BCUT2D eigenvalue weighted by Gasteiger charge is -2.24. The quantitative estimate of drug-likeness (QED) is 0.868. The Morgan fingerprint density at radius 1 is 1.53 bits per heavy atom. The number of nitrogens with two attached hydrogens (primary N) is 1. The molecule has 1 aromatic heterocycles. The summed E-state index contributed by atoms with van der Waals surface area (Å²) >= 11 is 0. The number of nitrogens with zero attached hydrogens (tertiary/aromatic N) is 1. The number of carbonyl (C=O) groups is 1. The van der Waals surface area contributed by atoms with Crippen molar-refractivity contribution in [3.05, 3.63) is 24.2 Å². The van der Waals surface area contributed by atoms with E-state index >= 15 is 0 Å². The first kappa shape index (κ1) is 15.6. The van der Waals surface area contributed by atoms with E-state index in [0.717, 1.165) is 0 Å². The smallest absolute Gasteiger partial charge is 0.406 e. The summed E-state index contributed by atoms with van der Waals surface area (Å²) in [4.78, 5) is 12.5. The van der Waals surface area contributed by atoms with E-state index in [1.165, 1.54) is 12.3 Å². The van der Waals surface area contributed by atoms with Gasteiger partial charge in [0.05, 0.1) is 12.8 Å². The minimum atomic E-state index is -4.45. The van der Waals surface area contributed by atoms with Gasteiger partial charge < -0.3 is 15.1 Å². The highest BCUT2D eigenvalue weighted by atomic mass is 19.4. The van der Waals surface area contributed by atoms with Crippen LogP contribution >= 0.6 is 0 Å². The first-order chi connectivity index (χ1) is 8.81. The van der Waals surface area contributed by atoms with Crippen molar-refractivity contribution in [2.45, 2.75) is 38.5 Å². The molecule has 1 amide bonds. The van der Waals surface area contributed by atoms with Crippen molar-refractivity contribution in [3.8, 4) is 0 Å². The van der Waals surface area contributed by atoms with Gasteiger partial charge in [-0.05, 0) is 18.6 Å². The van der Waals surface area contributed by atoms with Crippen LogP contribution in [0.1, 0.15) is 25.5 Å². The van der Waals surface area contributed by atoms with Crippen LogP contribution in [0.15, 0.2) is 22.8 Å². The maximum Gasteiger partial charge on any atom is 0.406 e. The second-order valence-corrected chi connectivity index (χ2v) is 4.32. The average Bonchev–Trinajstić information content (AvgIpc) is 2.79. The molecular weight excluding hydrogens is 261 g/mol. The van der Waals surface area contributed by atoms with Gasteiger partial charge in [-0.25, -0.2) is 0 Å². The molecule has 0 radical (unpaired) electrons. The number of alkyl halides is 3. The van der Waals surface area contributed by atoms with Crippen LogP contribution in [0.4, 0.5) is 13.2 Å². The summed E-state index contributed by atoms with van der Waals surface area (Å²) in [5.41, 5.74) is 5.60. The number of hydrogen-bond acceptors (Lipinski definition) is 3. The molecule has 0 fully saturated rings. The Morgan fingerprint density at radius 2 is 2.21 bits per heavy atom. The van der Waals surface area contributed by atoms with Crippen LogP contribution < -0.4 is 5.73 Å². The largest absolute Gasteiger partial charge is 0.467 e. The van der Waals surface area contributed by atoms with E-state index in [1.54, 1.807) is 13.0 Å². The topological polar surface area (TPSA) is 59.5 Å². The summed E-state index contributed by atoms with van der Waals surface area (Å²) in [5, 5.41) is 0. The first-order valence-corrected chi connectivity index (χ1v) is 5.94. The fourth-order valence-electron chi connectivity index (χ4n) is 1.54. The highest BCUT2D eigenvalue weighted by Gasteiger charge is 2.33. The molecule has 0 aromatic carbocycles. The summed E-state index contributed by atoms with van der Waals surface area (Å²) in [6.45, 7) is 0.267. The summed E-state index contributed by atoms with van der Waals surface area (Å²) in [5.74, 6) is -0.314. The van der Waals surface area contributed by atoms with E-state index in [4.69, 9.17) is 10.2 Å². The van der Waals surface area contributed by atoms with Crippen LogP contribution in [0, 0.1) is 0 Å². The Bertz CT molecular complexity index is 390. The molecule has 0 aliphatic heterocycles. The number of halogens is 3. The third-order valence-corrected chi connectivity index (χ3v) is 2.61. The molecular formula is C12H17F3N2O2. The molecule has 1 atom stereocenters. The fraction of sp³-hybridized carbons (Fsp3) is 0.583. The van der Waals surface area contributed by atoms with Gasteiger partial charge in [-0.2, -0.15) is 13.2 Å². The summed E-state index contributed by atoms with van der Waals surface area (Å²) in [6, 6.07) is 2.65. The number of hydrogen-bond donors (Lipinski definition) is 1. The van der Waals surface area contributed by atoms with Crippen molar-refractivity contribution < 1.29 is 22.4 Å². The van der Waals surface area contributed by atoms with E-state index < -0.39 is 24.7 Å². The zero-order chi connectivity index (χ0) is 14.5. The van der Waals surface area contributed by atoms with E-state index in [-0.39, 0.29) is 13.0 Å². The standard InChI is InChI=1S/C12H17F3N2O2/c1-2-9(16)6-11(18)17(8-12(13,14)15)7-10-4-3-5-19-10/h3-5,9H,2,6-8,16H2,1H3. The van der Waals surface area contributed by atoms with Crippen molar-refractivity contribution in [2.75, 3.05) is 6.54 Å². The van der Waals surface area contributed by atoms with E-state index in [0.29, 0.717) is 17.1 Å². The van der Waals surface area contributed by atoms with Gasteiger partial charge in [-0.3, -0.25) is 4.79 Å². The maximum absolute atomic E-state index is 12.5. The molecule has 1 rings (SSSR count). The van der Waals surface area contributed by atoms with Crippen molar-refractivity contribution in [1.29, 1.82) is 0 Å². The van der Waals surface area contributed by atoms with Crippen LogP contribution in [0.3, 0.4) is 0 Å². The van der Waals surface area contributed by atoms with E-state index in [2.05, 4.69) is 0 Å². The van der Waals surface area contributed by atoms with Crippen molar-refractivity contribution in [3.63, 3.8) is 0 Å². The average molecular weight is 278 g/mol. The molecule has 1 aromatic rings. The molecule has 0 aliphatic carbocycles. The predicted octanol–water partition coefficient (Wildman–Crippen LogP) is 2.30. The molecule has 0 spiro atoms. The van der Waals surface area contributed by atoms with Crippen LogP contribution in [0.2, 0.25) is 0 Å². The van der Waals surface area contributed by atoms with Gasteiger partial charge >= 0.3 is 6.18 Å². The van der Waals surface area contributed by atoms with E-state index in [9.17, 15) is 18.0 Å². The molecule has 7 heteroatoms. The molecule has 19 heavy (non-hydrogen) atoms. The Kier molecular flexibility index (Phi) is 5.41. The number of amides is 1. The Morgan fingerprint density at radius 3 is 2.68 bits per heavy atom. The van der Waals surface area contributed by atoms with Gasteiger partial charge in [0.2, 0.25) is 5.91 Å². The highest BCUT2D eigenvalue weighted by molar-refractivity contribution is 5.76. The second kappa shape index (κ2) is 6.60. The maximum atomic E-state index is 12.5. The van der Waals surface area contributed by atoms with Crippen molar-refractivity contribution >= 4 is 5.91 Å². The Balaban J connectivity index is 2.71. The van der Waals surface area contributed by atoms with Crippen molar-refractivity contribution in [2.24, 2.45) is 5.73 Å². The summed E-state index contributed by atoms with van der Waals surface area (Å²) in [7, 11) is 0. The molecule has 0 saturated heterocycles. The molecule has 108 valence electrons. The molecule has 4 nitrogen and oxygen atoms in total. The normalized spacial score (nSPS) is 13.3. The molecule has 2 N–H and O–H groups in total. The lowest BCUT2D eigenvalue weighted by Crippen LogP contribution is -2.40. The summed E-state index contributed by atoms with van der Waals surface area (Å²) in [6.07, 6.45) is -2.67. The van der Waals surface area contributed by atoms with E-state index in [1.807, 2.05) is 0 Å². The van der Waals surface area contributed by atoms with Gasteiger partial charge in [-0.15, -0.1) is 0 Å². The third kappa shape index (κ3) is 5.78. The van der Waals surface area contributed by atoms with Gasteiger partial charge in [0.1, 0.15) is 12.3 Å². The lowest BCUT2D eigenvalue weighted by molar-refractivity contribution is -0.163. The van der Waals surface area contributed by atoms with Gasteiger partial charge in [0.25, 0.3) is 0 Å². The van der Waals surface area contributed by atoms with Crippen molar-refractivity contribution in [1.82, 2.24) is 4.90 Å². The first-order valence-electron chi connectivity index (χ1n) is 5.94. The molecule has 1 unspecified atom stereocenters. The second-order valence-electron chi connectivity index (χ2n) is 4.32. The minimum Gasteiger partial charge on any atom is -0.467 e. The lowest BCUT2D eigenvalue weighted by atomic mass is 10.1. The third-order valence-electron chi connectivity index (χ3n) is 2.61. The molecule has 0 bridgehead atoms. The number of rotatable bonds is 6. The van der Waals surface area contributed by atoms with Crippen LogP contribution in [0.5, 0.6) is 0 Å². The van der Waals surface area contributed by atoms with Gasteiger partial charge in [-0.1, -0.05) is 6.92 Å². The van der Waals surface area contributed by atoms with Crippen LogP contribution in [-0.2, 0) is 11.3 Å². The fourth-order valence-corrected chi connectivity index (χ4v) is 1.54. The van der Waals surface area contributed by atoms with Crippen LogP contribution in [-0.4, -0.2) is 29.6 Å². The number of furan rings is 1. The molecule has 1 heterocycles. The monoisotopic (exact) mass is 278 g/mol. The summed E-state index contributed by atoms with van der Waals surface area (Å²) < 4.78 is 42.3. The predicted molar refractivity (Wildman–Crippen MR) is 63.1 cm³/mol. The van der Waals surface area contributed by atoms with Gasteiger partial charge in [0.15, 0.2) is 0 Å². The van der Waals surface area contributed by atoms with Crippen LogP contribution in [0.25, 0.3) is 0 Å². The Hall–Kier alpha value is -1.50.